The summed E-state index contributed by atoms with van der Waals surface area (Å²) in [5, 5.41) is 0. The number of rotatable bonds is 5. The third-order valence-corrected chi connectivity index (χ3v) is 10.2. The van der Waals surface area contributed by atoms with Crippen molar-refractivity contribution in [2.24, 2.45) is 66.1 Å². The van der Waals surface area contributed by atoms with Crippen molar-refractivity contribution in [3.8, 4) is 12.3 Å². The Morgan fingerprint density at radius 2 is 1.08 bits per heavy atom. The molecular weight excluding hydrogens is 753 g/mol. The van der Waals surface area contributed by atoms with Crippen LogP contribution in [0, 0.1) is 73.4 Å². The lowest BCUT2D eigenvalue weighted by Crippen LogP contribution is -2.30. The smallest absolute Gasteiger partial charge is 0.311 e. The average molecular weight is 863 g/mol. The largest absolute Gasteiger partial charge is 0.469 e. The molecule has 0 spiro atoms. The molecule has 0 N–H and O–H groups in total. The number of hydrogen-bond acceptors (Lipinski definition) is 5. The summed E-state index contributed by atoms with van der Waals surface area (Å²) in [5.74, 6) is 5.12. The van der Waals surface area contributed by atoms with Gasteiger partial charge in [-0.15, -0.1) is 12.3 Å². The van der Waals surface area contributed by atoms with Crippen molar-refractivity contribution in [2.45, 2.75) is 224 Å². The van der Waals surface area contributed by atoms with E-state index in [0.717, 1.165) is 70.1 Å². The minimum Gasteiger partial charge on any atom is -0.469 e. The molecular formula is C55H110N2O4. The van der Waals surface area contributed by atoms with E-state index in [1.807, 2.05) is 27.2 Å². The second-order valence-electron chi connectivity index (χ2n) is 27.0. The second-order valence-corrected chi connectivity index (χ2v) is 27.0. The molecule has 1 saturated carbocycles. The maximum Gasteiger partial charge on any atom is 0.311 e. The van der Waals surface area contributed by atoms with Crippen LogP contribution in [0.2, 0.25) is 0 Å². The number of hydrogen-bond donors (Lipinski definition) is 0. The number of carbonyl (C=O) groups excluding carboxylic acids is 2. The number of ketones is 1. The highest BCUT2D eigenvalue weighted by atomic mass is 16.5. The quantitative estimate of drug-likeness (QED) is 0.119. The van der Waals surface area contributed by atoms with Gasteiger partial charge in [0, 0.05) is 52.6 Å². The molecule has 6 heteroatoms. The highest BCUT2D eigenvalue weighted by molar-refractivity contribution is 5.79. The van der Waals surface area contributed by atoms with Crippen LogP contribution in [0.1, 0.15) is 224 Å². The summed E-state index contributed by atoms with van der Waals surface area (Å²) < 4.78 is 10.0. The molecule has 2 aliphatic rings. The van der Waals surface area contributed by atoms with Crippen molar-refractivity contribution in [2.75, 3.05) is 41.0 Å². The van der Waals surface area contributed by atoms with Gasteiger partial charge < -0.3 is 14.4 Å². The number of aliphatic imine (C=N–C) groups is 1. The van der Waals surface area contributed by atoms with Crippen molar-refractivity contribution in [3.63, 3.8) is 0 Å². The lowest BCUT2D eigenvalue weighted by Gasteiger charge is -2.33. The Morgan fingerprint density at radius 1 is 0.705 bits per heavy atom. The normalized spacial score (nSPS) is 16.6. The van der Waals surface area contributed by atoms with E-state index in [-0.39, 0.29) is 16.8 Å². The number of Topliss-reactive ketones (excluding diaryl/α,β-unsaturated/α-hetero) is 1. The van der Waals surface area contributed by atoms with Gasteiger partial charge in [-0.3, -0.25) is 14.6 Å². The summed E-state index contributed by atoms with van der Waals surface area (Å²) in [7, 11) is 5.27. The molecule has 0 aromatic carbocycles. The fraction of sp³-hybridized carbons (Fsp3) is 0.909. The van der Waals surface area contributed by atoms with Crippen molar-refractivity contribution < 1.29 is 19.1 Å². The van der Waals surface area contributed by atoms with E-state index >= 15 is 0 Å². The molecule has 61 heavy (non-hydrogen) atoms. The number of methoxy groups -OCH3 is 1. The molecule has 1 heterocycles. The number of esters is 1. The fourth-order valence-electron chi connectivity index (χ4n) is 8.60. The molecule has 0 amide bonds. The van der Waals surface area contributed by atoms with Crippen LogP contribution < -0.4 is 0 Å². The molecule has 2 rings (SSSR count). The topological polar surface area (TPSA) is 68.2 Å². The zero-order chi connectivity index (χ0) is 49.5. The van der Waals surface area contributed by atoms with Crippen LogP contribution in [0.15, 0.2) is 4.99 Å². The van der Waals surface area contributed by atoms with Gasteiger partial charge in [0.25, 0.3) is 0 Å². The maximum atomic E-state index is 11.3. The lowest BCUT2D eigenvalue weighted by molar-refractivity contribution is -0.152. The molecule has 1 atom stereocenters. The molecule has 0 aromatic rings. The van der Waals surface area contributed by atoms with E-state index in [0.29, 0.717) is 44.2 Å². The number of carbonyl (C=O) groups is 2. The Morgan fingerprint density at radius 3 is 1.31 bits per heavy atom. The van der Waals surface area contributed by atoms with E-state index in [1.54, 1.807) is 7.05 Å². The number of ether oxygens (including phenoxy) is 2. The van der Waals surface area contributed by atoms with Gasteiger partial charge in [-0.2, -0.15) is 0 Å². The van der Waals surface area contributed by atoms with E-state index in [2.05, 4.69) is 168 Å². The van der Waals surface area contributed by atoms with Gasteiger partial charge in [0.2, 0.25) is 0 Å². The zero-order valence-corrected chi connectivity index (χ0v) is 46.4. The first kappa shape index (κ1) is 65.7. The van der Waals surface area contributed by atoms with Gasteiger partial charge in [0.1, 0.15) is 5.78 Å². The summed E-state index contributed by atoms with van der Waals surface area (Å²) >= 11 is 0. The van der Waals surface area contributed by atoms with Crippen LogP contribution in [0.5, 0.6) is 0 Å². The molecule has 1 unspecified atom stereocenters. The maximum absolute atomic E-state index is 11.3. The predicted octanol–water partition coefficient (Wildman–Crippen LogP) is 15.7. The predicted molar refractivity (Wildman–Crippen MR) is 271 cm³/mol. The minimum atomic E-state index is -0.368. The summed E-state index contributed by atoms with van der Waals surface area (Å²) in [6.45, 7) is 56.1. The van der Waals surface area contributed by atoms with Crippen LogP contribution in [-0.4, -0.2) is 64.0 Å². The van der Waals surface area contributed by atoms with E-state index in [9.17, 15) is 9.59 Å². The Labute approximate surface area is 384 Å². The second kappa shape index (κ2) is 28.8. The van der Waals surface area contributed by atoms with Crippen molar-refractivity contribution in [1.29, 1.82) is 0 Å². The first-order valence-electron chi connectivity index (χ1n) is 23.7. The lowest BCUT2D eigenvalue weighted by atomic mass is 9.72. The standard InChI is InChI=1S/C10H20O2.C10H18O.C9H18O.C9H20.C9H16.C8H18N2/c1-9(2,3)7-10(4,5)8(11)12-6;1-10(2,3)8-4-6-9(11)7-5-8;1-9(2,3)8-4-6-10-7-5-8;1-8(2,3)7-9(4,5)6;1-6-8(2)7-9(3,4)5;1-8(2,3)6-10(5)7-9-4/h7H2,1-6H3;8H,4-7H2,1-3H3;8H,4-7H2,1-3H3;7H2,1-6H3;1,8H,7H2,2-5H3;7H,6H2,1-5H3. The van der Waals surface area contributed by atoms with Crippen molar-refractivity contribution in [3.05, 3.63) is 0 Å². The van der Waals surface area contributed by atoms with E-state index in [4.69, 9.17) is 15.9 Å². The Hall–Kier alpha value is -1.87. The van der Waals surface area contributed by atoms with Gasteiger partial charge in [0.15, 0.2) is 0 Å². The van der Waals surface area contributed by atoms with E-state index in [1.165, 1.54) is 26.4 Å². The summed E-state index contributed by atoms with van der Waals surface area (Å²) in [6, 6.07) is 0. The van der Waals surface area contributed by atoms with Crippen LogP contribution in [-0.2, 0) is 19.1 Å². The molecule has 364 valence electrons. The molecule has 1 aliphatic heterocycles. The van der Waals surface area contributed by atoms with Gasteiger partial charge >= 0.3 is 5.97 Å². The summed E-state index contributed by atoms with van der Waals surface area (Å²) in [4.78, 5) is 28.2. The first-order chi connectivity index (χ1) is 26.9. The molecule has 0 aromatic heterocycles. The van der Waals surface area contributed by atoms with Crippen LogP contribution in [0.4, 0.5) is 0 Å². The Bertz CT molecular complexity index is 1190. The number of nitrogens with zero attached hydrogens (tertiary/aromatic N) is 2. The molecule has 1 aliphatic carbocycles. The average Bonchev–Trinajstić information content (AvgIpc) is 3.01. The van der Waals surface area contributed by atoms with Crippen molar-refractivity contribution in [1.82, 2.24) is 4.90 Å². The zero-order valence-electron chi connectivity index (χ0n) is 46.4. The van der Waals surface area contributed by atoms with Gasteiger partial charge in [0.05, 0.1) is 18.9 Å². The fourth-order valence-corrected chi connectivity index (χ4v) is 8.60. The molecule has 0 bridgehead atoms. The Balaban J connectivity index is -0.000000321. The minimum absolute atomic E-state index is 0.127. The third kappa shape index (κ3) is 46.0. The monoisotopic (exact) mass is 863 g/mol. The number of terminal acetylenes is 1. The SMILES string of the molecule is C#CC(C)CC(C)(C)C.CC(C)(C)C1CCC(=O)CC1.CC(C)(C)C1CCOCC1.CC(C)(C)CC(C)(C)C.CN=CN(C)CC(C)(C)C.COC(=O)C(C)(C)CC(C)(C)C. The van der Waals surface area contributed by atoms with Gasteiger partial charge in [-0.25, -0.2) is 0 Å². The van der Waals surface area contributed by atoms with Crippen molar-refractivity contribution >= 4 is 18.1 Å². The molecule has 2 fully saturated rings. The van der Waals surface area contributed by atoms with Gasteiger partial charge in [-0.1, -0.05) is 152 Å². The molecule has 1 saturated heterocycles. The highest BCUT2D eigenvalue weighted by Gasteiger charge is 2.33. The highest BCUT2D eigenvalue weighted by Crippen LogP contribution is 2.37. The summed E-state index contributed by atoms with van der Waals surface area (Å²) in [6.07, 6.45) is 16.7. The third-order valence-electron chi connectivity index (χ3n) is 10.2. The first-order valence-corrected chi connectivity index (χ1v) is 23.7. The van der Waals surface area contributed by atoms with Gasteiger partial charge in [-0.05, 0) is 109 Å². The Kier molecular flexibility index (Phi) is 31.1. The molecule has 0 radical (unpaired) electrons. The van der Waals surface area contributed by atoms with Crippen LogP contribution in [0.3, 0.4) is 0 Å². The van der Waals surface area contributed by atoms with E-state index < -0.39 is 0 Å². The summed E-state index contributed by atoms with van der Waals surface area (Å²) in [5.41, 5.74) is 2.40. The van der Waals surface area contributed by atoms with Crippen LogP contribution >= 0.6 is 0 Å². The van der Waals surface area contributed by atoms with Crippen LogP contribution in [0.25, 0.3) is 0 Å². The molecule has 6 nitrogen and oxygen atoms in total.